The first-order valence-corrected chi connectivity index (χ1v) is 5.58. The van der Waals surface area contributed by atoms with E-state index in [2.05, 4.69) is 20.7 Å². The van der Waals surface area contributed by atoms with Gasteiger partial charge in [-0.15, -0.1) is 0 Å². The van der Waals surface area contributed by atoms with E-state index in [9.17, 15) is 18.0 Å². The van der Waals surface area contributed by atoms with Crippen LogP contribution in [0.25, 0.3) is 0 Å². The number of carbonyl (C=O) groups is 1. The number of carbonyl (C=O) groups excluding carboxylic acids is 1. The van der Waals surface area contributed by atoms with Crippen LogP contribution in [0, 0.1) is 11.3 Å². The zero-order chi connectivity index (χ0) is 13.9. The molecule has 0 radical (unpaired) electrons. The molecular formula is C11H7BrF3NO2. The van der Waals surface area contributed by atoms with Crippen LogP contribution < -0.4 is 0 Å². The summed E-state index contributed by atoms with van der Waals surface area (Å²) in [7, 11) is 0. The van der Waals surface area contributed by atoms with Gasteiger partial charge in [-0.3, -0.25) is 0 Å². The van der Waals surface area contributed by atoms with Gasteiger partial charge in [-0.2, -0.15) is 18.4 Å². The maximum Gasteiger partial charge on any atom is 0.417 e. The van der Waals surface area contributed by atoms with E-state index in [1.807, 2.05) is 0 Å². The van der Waals surface area contributed by atoms with Gasteiger partial charge >= 0.3 is 12.1 Å². The zero-order valence-electron chi connectivity index (χ0n) is 9.14. The van der Waals surface area contributed by atoms with Gasteiger partial charge in [-0.1, -0.05) is 15.9 Å². The van der Waals surface area contributed by atoms with Gasteiger partial charge in [0.1, 0.15) is 6.07 Å². The average molecular weight is 322 g/mol. The summed E-state index contributed by atoms with van der Waals surface area (Å²) in [6.07, 6.45) is -4.74. The highest BCUT2D eigenvalue weighted by Crippen LogP contribution is 2.35. The largest absolute Gasteiger partial charge is 0.462 e. The number of alkyl halides is 3. The van der Waals surface area contributed by atoms with Crippen molar-refractivity contribution < 1.29 is 22.7 Å². The molecule has 0 saturated carbocycles. The van der Waals surface area contributed by atoms with Crippen molar-refractivity contribution in [1.29, 1.82) is 5.26 Å². The number of nitriles is 1. The SMILES string of the molecule is CCOC(=O)c1c(C#N)cc(Br)cc1C(F)(F)F. The van der Waals surface area contributed by atoms with Gasteiger partial charge in [0.25, 0.3) is 0 Å². The molecule has 1 aromatic carbocycles. The lowest BCUT2D eigenvalue weighted by molar-refractivity contribution is -0.138. The fourth-order valence-corrected chi connectivity index (χ4v) is 1.80. The van der Waals surface area contributed by atoms with Gasteiger partial charge < -0.3 is 4.74 Å². The molecule has 3 nitrogen and oxygen atoms in total. The van der Waals surface area contributed by atoms with Crippen LogP contribution in [0.3, 0.4) is 0 Å². The molecule has 0 N–H and O–H groups in total. The second-order valence-corrected chi connectivity index (χ2v) is 4.12. The second-order valence-electron chi connectivity index (χ2n) is 3.21. The second kappa shape index (κ2) is 5.40. The first kappa shape index (κ1) is 14.5. The van der Waals surface area contributed by atoms with Gasteiger partial charge in [-0.25, -0.2) is 4.79 Å². The molecule has 0 aliphatic heterocycles. The molecule has 0 aliphatic carbocycles. The smallest absolute Gasteiger partial charge is 0.417 e. The molecule has 0 fully saturated rings. The summed E-state index contributed by atoms with van der Waals surface area (Å²) in [5.41, 5.74) is -2.32. The Hall–Kier alpha value is -1.55. The number of hydrogen-bond acceptors (Lipinski definition) is 3. The van der Waals surface area contributed by atoms with Crippen molar-refractivity contribution in [2.45, 2.75) is 13.1 Å². The van der Waals surface area contributed by atoms with Crippen molar-refractivity contribution in [2.24, 2.45) is 0 Å². The molecule has 0 unspecified atom stereocenters. The molecule has 7 heteroatoms. The number of esters is 1. The lowest BCUT2D eigenvalue weighted by Gasteiger charge is -2.13. The quantitative estimate of drug-likeness (QED) is 0.783. The molecule has 0 spiro atoms. The van der Waals surface area contributed by atoms with Crippen molar-refractivity contribution in [2.75, 3.05) is 6.61 Å². The third-order valence-corrected chi connectivity index (χ3v) is 2.47. The zero-order valence-corrected chi connectivity index (χ0v) is 10.7. The van der Waals surface area contributed by atoms with Crippen LogP contribution in [0.15, 0.2) is 16.6 Å². The van der Waals surface area contributed by atoms with Crippen LogP contribution in [0.5, 0.6) is 0 Å². The van der Waals surface area contributed by atoms with Gasteiger partial charge in [0, 0.05) is 4.47 Å². The summed E-state index contributed by atoms with van der Waals surface area (Å²) in [5.74, 6) is -1.16. The molecule has 1 rings (SSSR count). The van der Waals surface area contributed by atoms with E-state index < -0.39 is 23.3 Å². The lowest BCUT2D eigenvalue weighted by Crippen LogP contribution is -2.17. The molecule has 0 heterocycles. The molecule has 0 aromatic heterocycles. The molecule has 96 valence electrons. The molecule has 1 aromatic rings. The highest BCUT2D eigenvalue weighted by molar-refractivity contribution is 9.10. The lowest BCUT2D eigenvalue weighted by atomic mass is 10.0. The van der Waals surface area contributed by atoms with Crippen molar-refractivity contribution >= 4 is 21.9 Å². The van der Waals surface area contributed by atoms with Crippen molar-refractivity contribution in [3.8, 4) is 6.07 Å². The first-order valence-electron chi connectivity index (χ1n) is 4.79. The predicted molar refractivity (Wildman–Crippen MR) is 59.8 cm³/mol. The highest BCUT2D eigenvalue weighted by Gasteiger charge is 2.37. The fourth-order valence-electron chi connectivity index (χ4n) is 1.34. The number of rotatable bonds is 2. The third kappa shape index (κ3) is 3.01. The van der Waals surface area contributed by atoms with E-state index in [4.69, 9.17) is 5.26 Å². The van der Waals surface area contributed by atoms with Crippen LogP contribution in [-0.2, 0) is 10.9 Å². The van der Waals surface area contributed by atoms with Crippen molar-refractivity contribution in [1.82, 2.24) is 0 Å². The number of benzene rings is 1. The Morgan fingerprint density at radius 2 is 2.11 bits per heavy atom. The molecule has 0 amide bonds. The Bertz CT molecular complexity index is 520. The summed E-state index contributed by atoms with van der Waals surface area (Å²) in [6, 6.07) is 3.44. The minimum absolute atomic E-state index is 0.0689. The molecule has 0 atom stereocenters. The summed E-state index contributed by atoms with van der Waals surface area (Å²) >= 11 is 2.87. The van der Waals surface area contributed by atoms with Crippen molar-refractivity contribution in [3.63, 3.8) is 0 Å². The first-order chi connectivity index (χ1) is 8.31. The van der Waals surface area contributed by atoms with Crippen LogP contribution in [0.1, 0.15) is 28.4 Å². The number of nitrogens with zero attached hydrogens (tertiary/aromatic N) is 1. The summed E-state index contributed by atoms with van der Waals surface area (Å²) in [4.78, 5) is 11.5. The Balaban J connectivity index is 3.54. The number of halogens is 4. The van der Waals surface area contributed by atoms with E-state index in [1.54, 1.807) is 6.07 Å². The predicted octanol–water partition coefficient (Wildman–Crippen LogP) is 3.52. The van der Waals surface area contributed by atoms with Crippen LogP contribution in [0.2, 0.25) is 0 Å². The molecule has 0 bridgehead atoms. The monoisotopic (exact) mass is 321 g/mol. The van der Waals surface area contributed by atoms with E-state index >= 15 is 0 Å². The van der Waals surface area contributed by atoms with E-state index in [0.29, 0.717) is 0 Å². The average Bonchev–Trinajstić information content (AvgIpc) is 2.26. The molecule has 0 aliphatic rings. The van der Waals surface area contributed by atoms with Gasteiger partial charge in [0.05, 0.1) is 23.3 Å². The molecule has 18 heavy (non-hydrogen) atoms. The Morgan fingerprint density at radius 1 is 1.50 bits per heavy atom. The van der Waals surface area contributed by atoms with E-state index in [1.165, 1.54) is 6.92 Å². The normalized spacial score (nSPS) is 10.9. The van der Waals surface area contributed by atoms with Crippen LogP contribution in [-0.4, -0.2) is 12.6 Å². The van der Waals surface area contributed by atoms with E-state index in [-0.39, 0.29) is 16.6 Å². The Kier molecular flexibility index (Phi) is 4.35. The van der Waals surface area contributed by atoms with Crippen LogP contribution >= 0.6 is 15.9 Å². The third-order valence-electron chi connectivity index (χ3n) is 2.01. The van der Waals surface area contributed by atoms with Gasteiger partial charge in [-0.05, 0) is 19.1 Å². The molecular weight excluding hydrogens is 315 g/mol. The number of ether oxygens (including phenoxy) is 1. The van der Waals surface area contributed by atoms with Crippen molar-refractivity contribution in [3.05, 3.63) is 33.3 Å². The Labute approximate surface area is 109 Å². The summed E-state index contributed by atoms with van der Waals surface area (Å²) < 4.78 is 43.0. The standard InChI is InChI=1S/C11H7BrF3NO2/c1-2-18-10(17)9-6(5-16)3-7(12)4-8(9)11(13,14)15/h3-4H,2H2,1H3. The van der Waals surface area contributed by atoms with E-state index in [0.717, 1.165) is 12.1 Å². The van der Waals surface area contributed by atoms with Gasteiger partial charge in [0.2, 0.25) is 0 Å². The van der Waals surface area contributed by atoms with Gasteiger partial charge in [0.15, 0.2) is 0 Å². The summed E-state index contributed by atoms with van der Waals surface area (Å²) in [6.45, 7) is 1.40. The Morgan fingerprint density at radius 3 is 2.56 bits per heavy atom. The minimum atomic E-state index is -4.74. The highest BCUT2D eigenvalue weighted by atomic mass is 79.9. The maximum absolute atomic E-state index is 12.8. The van der Waals surface area contributed by atoms with Crippen LogP contribution in [0.4, 0.5) is 13.2 Å². The fraction of sp³-hybridized carbons (Fsp3) is 0.273. The number of hydrogen-bond donors (Lipinski definition) is 0. The topological polar surface area (TPSA) is 50.1 Å². The maximum atomic E-state index is 12.8. The molecule has 0 saturated heterocycles. The summed E-state index contributed by atoms with van der Waals surface area (Å²) in [5, 5.41) is 8.80. The minimum Gasteiger partial charge on any atom is -0.462 e.